The van der Waals surface area contributed by atoms with Gasteiger partial charge in [-0.25, -0.2) is 4.79 Å². The van der Waals surface area contributed by atoms with Crippen molar-refractivity contribution < 1.29 is 14.6 Å². The zero-order chi connectivity index (χ0) is 20.5. The second-order valence-corrected chi connectivity index (χ2v) is 7.60. The van der Waals surface area contributed by atoms with E-state index < -0.39 is 5.97 Å². The molecule has 0 fully saturated rings. The van der Waals surface area contributed by atoms with Crippen molar-refractivity contribution in [1.29, 1.82) is 0 Å². The second-order valence-electron chi connectivity index (χ2n) is 6.50. The lowest BCUT2D eigenvalue weighted by atomic mass is 9.96. The van der Waals surface area contributed by atoms with Crippen LogP contribution in [0.25, 0.3) is 5.57 Å². The molecule has 0 radical (unpaired) electrons. The number of hydrogen-bond acceptors (Lipinski definition) is 3. The van der Waals surface area contributed by atoms with Gasteiger partial charge >= 0.3 is 5.97 Å². The van der Waals surface area contributed by atoms with Crippen LogP contribution in [0.5, 0.6) is 5.75 Å². The molecule has 0 atom stereocenters. The van der Waals surface area contributed by atoms with Gasteiger partial charge in [0.15, 0.2) is 6.61 Å². The Morgan fingerprint density at radius 2 is 1.69 bits per heavy atom. The maximum atomic E-state index is 10.6. The van der Waals surface area contributed by atoms with Crippen LogP contribution in [0.4, 0.5) is 0 Å². The van der Waals surface area contributed by atoms with Gasteiger partial charge in [-0.3, -0.25) is 0 Å². The Hall–Kier alpha value is -2.98. The van der Waals surface area contributed by atoms with Gasteiger partial charge in [0.1, 0.15) is 5.75 Å². The Balaban J connectivity index is 1.74. The highest BCUT2D eigenvalue weighted by atomic mass is 32.2. The quantitative estimate of drug-likeness (QED) is 0.449. The molecular weight excluding hydrogens is 380 g/mol. The molecule has 3 aromatic carbocycles. The van der Waals surface area contributed by atoms with Crippen LogP contribution in [0, 0.1) is 0 Å². The van der Waals surface area contributed by atoms with Gasteiger partial charge in [-0.05, 0) is 52.9 Å². The average Bonchev–Trinajstić information content (AvgIpc) is 2.76. The van der Waals surface area contributed by atoms with Crippen LogP contribution in [0.15, 0.2) is 89.8 Å². The molecule has 0 aliphatic carbocycles. The number of aliphatic carboxylic acids is 1. The van der Waals surface area contributed by atoms with E-state index in [0.29, 0.717) is 5.75 Å². The van der Waals surface area contributed by atoms with Crippen LogP contribution in [0.1, 0.15) is 23.6 Å². The molecule has 3 aromatic rings. The molecule has 0 heterocycles. The largest absolute Gasteiger partial charge is 0.482 e. The molecule has 0 saturated carbocycles. The van der Waals surface area contributed by atoms with Crippen molar-refractivity contribution in [2.24, 2.45) is 0 Å². The van der Waals surface area contributed by atoms with Crippen LogP contribution in [0.3, 0.4) is 0 Å². The van der Waals surface area contributed by atoms with Crippen molar-refractivity contribution in [2.45, 2.75) is 18.2 Å². The summed E-state index contributed by atoms with van der Waals surface area (Å²) < 4.78 is 5.18. The van der Waals surface area contributed by atoms with Crippen LogP contribution in [-0.2, 0) is 11.2 Å². The molecule has 0 bridgehead atoms. The summed E-state index contributed by atoms with van der Waals surface area (Å²) in [5.41, 5.74) is 5.00. The van der Waals surface area contributed by atoms with Crippen LogP contribution in [-0.4, -0.2) is 23.4 Å². The van der Waals surface area contributed by atoms with E-state index in [1.54, 1.807) is 23.9 Å². The lowest BCUT2D eigenvalue weighted by Gasteiger charge is -2.11. The van der Waals surface area contributed by atoms with Gasteiger partial charge in [-0.15, -0.1) is 11.8 Å². The van der Waals surface area contributed by atoms with Crippen molar-refractivity contribution in [3.8, 4) is 5.75 Å². The molecule has 0 aromatic heterocycles. The number of carboxylic acid groups (broad SMARTS) is 1. The molecule has 0 amide bonds. The molecule has 0 saturated heterocycles. The number of rotatable bonds is 9. The molecule has 4 heteroatoms. The Morgan fingerprint density at radius 1 is 0.966 bits per heavy atom. The van der Waals surface area contributed by atoms with E-state index in [1.807, 2.05) is 18.2 Å². The van der Waals surface area contributed by atoms with Gasteiger partial charge in [-0.1, -0.05) is 67.6 Å². The Kier molecular flexibility index (Phi) is 7.54. The molecule has 3 nitrogen and oxygen atoms in total. The van der Waals surface area contributed by atoms with Gasteiger partial charge < -0.3 is 9.84 Å². The summed E-state index contributed by atoms with van der Waals surface area (Å²) in [5.74, 6) is 0.415. The standard InChI is InChI=1S/C25H24O3S/c1-2-19-7-6-10-21(17-19)24(20-8-4-3-5-9-20)15-16-29-23-13-11-22(12-14-23)28-18-25(26)27/h3-15,17H,2,16,18H2,1H3,(H,26,27). The van der Waals surface area contributed by atoms with Crippen molar-refractivity contribution in [3.63, 3.8) is 0 Å². The highest BCUT2D eigenvalue weighted by Crippen LogP contribution is 2.27. The molecular formula is C25H24O3S. The number of thioether (sulfide) groups is 1. The van der Waals surface area contributed by atoms with E-state index in [9.17, 15) is 4.79 Å². The summed E-state index contributed by atoms with van der Waals surface area (Å²) in [7, 11) is 0. The van der Waals surface area contributed by atoms with Crippen molar-refractivity contribution >= 4 is 23.3 Å². The summed E-state index contributed by atoms with van der Waals surface area (Å²) in [5, 5.41) is 8.68. The zero-order valence-corrected chi connectivity index (χ0v) is 17.2. The second kappa shape index (κ2) is 10.5. The Bertz CT molecular complexity index is 963. The fourth-order valence-electron chi connectivity index (χ4n) is 2.98. The van der Waals surface area contributed by atoms with Gasteiger partial charge in [0.2, 0.25) is 0 Å². The summed E-state index contributed by atoms with van der Waals surface area (Å²) in [6.07, 6.45) is 3.28. The van der Waals surface area contributed by atoms with E-state index >= 15 is 0 Å². The minimum atomic E-state index is -0.978. The van der Waals surface area contributed by atoms with E-state index in [0.717, 1.165) is 17.1 Å². The molecule has 1 N–H and O–H groups in total. The van der Waals surface area contributed by atoms with Gasteiger partial charge in [0.25, 0.3) is 0 Å². The minimum Gasteiger partial charge on any atom is -0.482 e. The van der Waals surface area contributed by atoms with Crippen LogP contribution in [0.2, 0.25) is 0 Å². The lowest BCUT2D eigenvalue weighted by molar-refractivity contribution is -0.139. The van der Waals surface area contributed by atoms with Crippen molar-refractivity contribution in [3.05, 3.63) is 102 Å². The first-order valence-electron chi connectivity index (χ1n) is 9.58. The van der Waals surface area contributed by atoms with Gasteiger partial charge in [0.05, 0.1) is 0 Å². The average molecular weight is 405 g/mol. The predicted octanol–water partition coefficient (Wildman–Crippen LogP) is 5.94. The van der Waals surface area contributed by atoms with E-state index in [1.165, 1.54) is 22.3 Å². The van der Waals surface area contributed by atoms with Crippen molar-refractivity contribution in [1.82, 2.24) is 0 Å². The SMILES string of the molecule is CCc1cccc(C(=CCSc2ccc(OCC(=O)O)cc2)c2ccccc2)c1. The molecule has 3 rings (SSSR count). The highest BCUT2D eigenvalue weighted by molar-refractivity contribution is 7.99. The molecule has 29 heavy (non-hydrogen) atoms. The first kappa shape index (κ1) is 20.7. The first-order valence-corrected chi connectivity index (χ1v) is 10.6. The lowest BCUT2D eigenvalue weighted by Crippen LogP contribution is -2.09. The topological polar surface area (TPSA) is 46.5 Å². The predicted molar refractivity (Wildman–Crippen MR) is 120 cm³/mol. The molecule has 0 spiro atoms. The minimum absolute atomic E-state index is 0.327. The number of benzene rings is 3. The summed E-state index contributed by atoms with van der Waals surface area (Å²) >= 11 is 1.73. The third-order valence-electron chi connectivity index (χ3n) is 4.45. The van der Waals surface area contributed by atoms with Crippen LogP contribution >= 0.6 is 11.8 Å². The molecule has 148 valence electrons. The molecule has 0 aliphatic heterocycles. The Labute approximate surface area is 176 Å². The van der Waals surface area contributed by atoms with Gasteiger partial charge in [-0.2, -0.15) is 0 Å². The number of hydrogen-bond donors (Lipinski definition) is 1. The maximum Gasteiger partial charge on any atom is 0.341 e. The smallest absolute Gasteiger partial charge is 0.341 e. The number of carboxylic acids is 1. The fourth-order valence-corrected chi connectivity index (χ4v) is 3.75. The normalized spacial score (nSPS) is 11.3. The fraction of sp³-hybridized carbons (Fsp3) is 0.160. The third kappa shape index (κ3) is 6.26. The number of ether oxygens (including phenoxy) is 1. The summed E-state index contributed by atoms with van der Waals surface area (Å²) in [4.78, 5) is 11.7. The van der Waals surface area contributed by atoms with Crippen molar-refractivity contribution in [2.75, 3.05) is 12.4 Å². The summed E-state index contributed by atoms with van der Waals surface area (Å²) in [6, 6.07) is 26.7. The third-order valence-corrected chi connectivity index (χ3v) is 5.39. The monoisotopic (exact) mass is 404 g/mol. The highest BCUT2D eigenvalue weighted by Gasteiger charge is 2.06. The van der Waals surface area contributed by atoms with E-state index in [-0.39, 0.29) is 6.61 Å². The van der Waals surface area contributed by atoms with Crippen LogP contribution < -0.4 is 4.74 Å². The van der Waals surface area contributed by atoms with E-state index in [2.05, 4.69) is 61.5 Å². The number of carbonyl (C=O) groups is 1. The van der Waals surface area contributed by atoms with E-state index in [4.69, 9.17) is 9.84 Å². The molecule has 0 aliphatic rings. The number of aryl methyl sites for hydroxylation is 1. The van der Waals surface area contributed by atoms with Gasteiger partial charge in [0, 0.05) is 10.6 Å². The maximum absolute atomic E-state index is 10.6. The zero-order valence-electron chi connectivity index (χ0n) is 16.4. The first-order chi connectivity index (χ1) is 14.2. The molecule has 0 unspecified atom stereocenters. The summed E-state index contributed by atoms with van der Waals surface area (Å²) in [6.45, 7) is 1.84. The Morgan fingerprint density at radius 3 is 2.38 bits per heavy atom.